The zero-order valence-corrected chi connectivity index (χ0v) is 13.8. The molecule has 0 bridgehead atoms. The first-order chi connectivity index (χ1) is 11.1. The minimum atomic E-state index is -0.690. The van der Waals surface area contributed by atoms with E-state index in [4.69, 9.17) is 0 Å². The van der Waals surface area contributed by atoms with Crippen molar-refractivity contribution in [2.24, 2.45) is 0 Å². The van der Waals surface area contributed by atoms with E-state index in [1.807, 2.05) is 63.2 Å². The molecule has 1 atom stereocenters. The Bertz CT molecular complexity index is 905. The van der Waals surface area contributed by atoms with Crippen molar-refractivity contribution in [2.45, 2.75) is 40.0 Å². The summed E-state index contributed by atoms with van der Waals surface area (Å²) in [5, 5.41) is 10.7. The molecule has 0 spiro atoms. The maximum Gasteiger partial charge on any atom is 0.329 e. The fourth-order valence-corrected chi connectivity index (χ4v) is 3.15. The molecule has 4 nitrogen and oxygen atoms in total. The molecule has 0 saturated heterocycles. The topological polar surface area (TPSA) is 47.2 Å². The van der Waals surface area contributed by atoms with Gasteiger partial charge in [0.25, 0.3) is 0 Å². The number of aliphatic hydroxyl groups excluding tert-OH is 1. The van der Waals surface area contributed by atoms with Gasteiger partial charge in [0, 0.05) is 13.1 Å². The summed E-state index contributed by atoms with van der Waals surface area (Å²) in [6.07, 6.45) is -0.690. The molecular weight excluding hydrogens is 288 g/mol. The number of nitrogens with zero attached hydrogens (tertiary/aromatic N) is 2. The molecule has 0 aliphatic rings. The van der Waals surface area contributed by atoms with Gasteiger partial charge in [0.15, 0.2) is 0 Å². The van der Waals surface area contributed by atoms with Crippen LogP contribution in [-0.4, -0.2) is 14.2 Å². The van der Waals surface area contributed by atoms with Crippen LogP contribution in [0.15, 0.2) is 47.3 Å². The van der Waals surface area contributed by atoms with Gasteiger partial charge in [0.1, 0.15) is 6.10 Å². The van der Waals surface area contributed by atoms with Crippen LogP contribution < -0.4 is 5.69 Å². The number of rotatable bonds is 4. The van der Waals surface area contributed by atoms with Crippen molar-refractivity contribution in [3.8, 4) is 0 Å². The predicted octanol–water partition coefficient (Wildman–Crippen LogP) is 3.23. The highest BCUT2D eigenvalue weighted by molar-refractivity contribution is 5.77. The molecule has 1 heterocycles. The Labute approximate surface area is 135 Å². The van der Waals surface area contributed by atoms with Gasteiger partial charge in [-0.25, -0.2) is 4.79 Å². The molecule has 0 amide bonds. The van der Waals surface area contributed by atoms with E-state index in [-0.39, 0.29) is 5.69 Å². The van der Waals surface area contributed by atoms with Gasteiger partial charge < -0.3 is 5.11 Å². The second-order valence-electron chi connectivity index (χ2n) is 5.84. The van der Waals surface area contributed by atoms with Gasteiger partial charge in [0.2, 0.25) is 0 Å². The summed E-state index contributed by atoms with van der Waals surface area (Å²) in [5.41, 5.74) is 4.59. The molecule has 3 aromatic rings. The third-order valence-corrected chi connectivity index (χ3v) is 4.35. The van der Waals surface area contributed by atoms with Gasteiger partial charge in [-0.3, -0.25) is 9.13 Å². The van der Waals surface area contributed by atoms with Crippen LogP contribution in [0.2, 0.25) is 0 Å². The molecule has 1 N–H and O–H groups in total. The molecule has 0 fully saturated rings. The van der Waals surface area contributed by atoms with Crippen LogP contribution in [-0.2, 0) is 13.1 Å². The van der Waals surface area contributed by atoms with Crippen LogP contribution in [0.25, 0.3) is 11.0 Å². The van der Waals surface area contributed by atoms with Crippen molar-refractivity contribution < 1.29 is 5.11 Å². The summed E-state index contributed by atoms with van der Waals surface area (Å²) in [7, 11) is 0. The molecule has 0 radical (unpaired) electrons. The van der Waals surface area contributed by atoms with Gasteiger partial charge in [0.05, 0.1) is 11.0 Å². The number of fused-ring (bicyclic) bond motifs is 1. The lowest BCUT2D eigenvalue weighted by Gasteiger charge is -2.13. The summed E-state index contributed by atoms with van der Waals surface area (Å²) in [6, 6.07) is 13.6. The van der Waals surface area contributed by atoms with E-state index in [9.17, 15) is 9.90 Å². The second-order valence-corrected chi connectivity index (χ2v) is 5.84. The fourth-order valence-electron chi connectivity index (χ4n) is 3.15. The molecule has 2 aromatic carbocycles. The van der Waals surface area contributed by atoms with E-state index in [1.54, 1.807) is 9.13 Å². The SMILES string of the molecule is CCn1c(=O)n(CC)c2cc(C(O)c3cccc(C)c3)ccc21. The molecule has 0 aliphatic heterocycles. The maximum absolute atomic E-state index is 12.4. The summed E-state index contributed by atoms with van der Waals surface area (Å²) in [4.78, 5) is 12.4. The lowest BCUT2D eigenvalue weighted by molar-refractivity contribution is 0.220. The molecule has 23 heavy (non-hydrogen) atoms. The average molecular weight is 310 g/mol. The molecule has 3 rings (SSSR count). The fraction of sp³-hybridized carbons (Fsp3) is 0.316. The van der Waals surface area contributed by atoms with E-state index in [0.29, 0.717) is 13.1 Å². The van der Waals surface area contributed by atoms with Crippen molar-refractivity contribution >= 4 is 11.0 Å². The van der Waals surface area contributed by atoms with Crippen LogP contribution >= 0.6 is 0 Å². The highest BCUT2D eigenvalue weighted by atomic mass is 16.3. The number of aryl methyl sites for hydroxylation is 3. The van der Waals surface area contributed by atoms with Crippen molar-refractivity contribution in [1.29, 1.82) is 0 Å². The second kappa shape index (κ2) is 6.05. The third-order valence-electron chi connectivity index (χ3n) is 4.35. The summed E-state index contributed by atoms with van der Waals surface area (Å²) in [5.74, 6) is 0. The molecule has 0 saturated carbocycles. The molecule has 120 valence electrons. The van der Waals surface area contributed by atoms with Gasteiger partial charge in [-0.05, 0) is 44.0 Å². The van der Waals surface area contributed by atoms with E-state index in [2.05, 4.69) is 0 Å². The zero-order valence-electron chi connectivity index (χ0n) is 13.8. The van der Waals surface area contributed by atoms with Crippen molar-refractivity contribution in [3.63, 3.8) is 0 Å². The van der Waals surface area contributed by atoms with E-state index >= 15 is 0 Å². The van der Waals surface area contributed by atoms with E-state index in [1.165, 1.54) is 0 Å². The summed E-state index contributed by atoms with van der Waals surface area (Å²) < 4.78 is 3.52. The van der Waals surface area contributed by atoms with Crippen LogP contribution in [0.3, 0.4) is 0 Å². The third kappa shape index (κ3) is 2.59. The lowest BCUT2D eigenvalue weighted by Crippen LogP contribution is -2.23. The number of benzene rings is 2. The van der Waals surface area contributed by atoms with Crippen LogP contribution in [0.5, 0.6) is 0 Å². The molecule has 4 heteroatoms. The first kappa shape index (κ1) is 15.6. The quantitative estimate of drug-likeness (QED) is 0.804. The minimum Gasteiger partial charge on any atom is -0.384 e. The zero-order chi connectivity index (χ0) is 16.6. The highest BCUT2D eigenvalue weighted by Crippen LogP contribution is 2.26. The Morgan fingerprint density at radius 2 is 1.61 bits per heavy atom. The van der Waals surface area contributed by atoms with Gasteiger partial charge in [-0.1, -0.05) is 35.9 Å². The van der Waals surface area contributed by atoms with E-state index in [0.717, 1.165) is 27.7 Å². The number of hydrogen-bond acceptors (Lipinski definition) is 2. The Balaban J connectivity index is 2.15. The van der Waals surface area contributed by atoms with Gasteiger partial charge >= 0.3 is 5.69 Å². The van der Waals surface area contributed by atoms with Crippen molar-refractivity contribution in [2.75, 3.05) is 0 Å². The van der Waals surface area contributed by atoms with Crippen molar-refractivity contribution in [3.05, 3.63) is 69.6 Å². The normalized spacial score (nSPS) is 12.7. The predicted molar refractivity (Wildman–Crippen MR) is 92.8 cm³/mol. The molecule has 1 aromatic heterocycles. The first-order valence-electron chi connectivity index (χ1n) is 8.04. The Hall–Kier alpha value is -2.33. The van der Waals surface area contributed by atoms with Crippen LogP contribution in [0.4, 0.5) is 0 Å². The Kier molecular flexibility index (Phi) is 4.09. The van der Waals surface area contributed by atoms with Crippen molar-refractivity contribution in [1.82, 2.24) is 9.13 Å². The number of hydrogen-bond donors (Lipinski definition) is 1. The largest absolute Gasteiger partial charge is 0.384 e. The highest BCUT2D eigenvalue weighted by Gasteiger charge is 2.15. The molecule has 1 unspecified atom stereocenters. The first-order valence-corrected chi connectivity index (χ1v) is 8.04. The number of imidazole rings is 1. The smallest absolute Gasteiger partial charge is 0.329 e. The van der Waals surface area contributed by atoms with Gasteiger partial charge in [-0.2, -0.15) is 0 Å². The molecule has 0 aliphatic carbocycles. The lowest BCUT2D eigenvalue weighted by atomic mass is 9.99. The molecular formula is C19H22N2O2. The Morgan fingerprint density at radius 3 is 2.26 bits per heavy atom. The summed E-state index contributed by atoms with van der Waals surface area (Å²) in [6.45, 7) is 7.20. The monoisotopic (exact) mass is 310 g/mol. The maximum atomic E-state index is 12.4. The van der Waals surface area contributed by atoms with E-state index < -0.39 is 6.10 Å². The Morgan fingerprint density at radius 1 is 0.957 bits per heavy atom. The standard InChI is InChI=1S/C19H22N2O2/c1-4-20-16-10-9-15(12-17(16)21(5-2)19(20)23)18(22)14-8-6-7-13(3)11-14/h6-12,18,22H,4-5H2,1-3H3. The number of aromatic nitrogens is 2. The summed E-state index contributed by atoms with van der Waals surface area (Å²) >= 11 is 0. The van der Waals surface area contributed by atoms with Crippen LogP contribution in [0.1, 0.15) is 36.6 Å². The van der Waals surface area contributed by atoms with Crippen LogP contribution in [0, 0.1) is 6.92 Å². The minimum absolute atomic E-state index is 0.00666. The van der Waals surface area contributed by atoms with Gasteiger partial charge in [-0.15, -0.1) is 0 Å². The average Bonchev–Trinajstić information content (AvgIpc) is 2.83. The number of aliphatic hydroxyl groups is 1.